The molecule has 0 saturated carbocycles. The number of rotatable bonds is 4. The summed E-state index contributed by atoms with van der Waals surface area (Å²) in [4.78, 5) is 19.2. The van der Waals surface area contributed by atoms with Crippen LogP contribution >= 0.6 is 11.6 Å². The van der Waals surface area contributed by atoms with E-state index in [4.69, 9.17) is 16.6 Å². The van der Waals surface area contributed by atoms with Crippen molar-refractivity contribution in [2.24, 2.45) is 0 Å². The van der Waals surface area contributed by atoms with Crippen LogP contribution in [0.2, 0.25) is 5.02 Å². The number of aromatic nitrogens is 2. The first kappa shape index (κ1) is 15.9. The topological polar surface area (TPSA) is 38.1 Å². The Hall–Kier alpha value is -2.59. The van der Waals surface area contributed by atoms with Gasteiger partial charge in [-0.1, -0.05) is 35.9 Å². The van der Waals surface area contributed by atoms with Crippen LogP contribution < -0.4 is 4.90 Å². The van der Waals surface area contributed by atoms with Crippen LogP contribution in [0.3, 0.4) is 0 Å². The number of fused-ring (bicyclic) bond motifs is 1. The molecule has 25 heavy (non-hydrogen) atoms. The third-order valence-corrected chi connectivity index (χ3v) is 4.84. The second-order valence-electron chi connectivity index (χ2n) is 6.24. The summed E-state index contributed by atoms with van der Waals surface area (Å²) in [6.07, 6.45) is 2.32. The maximum absolute atomic E-state index is 12.6. The summed E-state index contributed by atoms with van der Waals surface area (Å²) in [6, 6.07) is 15.5. The molecule has 4 rings (SSSR count). The van der Waals surface area contributed by atoms with E-state index in [1.807, 2.05) is 48.5 Å². The van der Waals surface area contributed by atoms with Crippen LogP contribution in [-0.4, -0.2) is 22.0 Å². The third-order valence-electron chi connectivity index (χ3n) is 4.61. The van der Waals surface area contributed by atoms with Crippen molar-refractivity contribution in [1.29, 1.82) is 0 Å². The molecule has 0 N–H and O–H groups in total. The number of halogens is 1. The van der Waals surface area contributed by atoms with Gasteiger partial charge in [-0.3, -0.25) is 4.79 Å². The van der Waals surface area contributed by atoms with Crippen molar-refractivity contribution in [3.63, 3.8) is 0 Å². The van der Waals surface area contributed by atoms with Gasteiger partial charge < -0.3 is 9.47 Å². The van der Waals surface area contributed by atoms with E-state index in [2.05, 4.69) is 17.2 Å². The first-order valence-electron chi connectivity index (χ1n) is 8.29. The van der Waals surface area contributed by atoms with Crippen molar-refractivity contribution in [2.75, 3.05) is 11.4 Å². The number of para-hydroxylation sites is 2. The van der Waals surface area contributed by atoms with Gasteiger partial charge >= 0.3 is 0 Å². The molecule has 1 aliphatic heterocycles. The second kappa shape index (κ2) is 6.37. The molecule has 0 radical (unpaired) electrons. The van der Waals surface area contributed by atoms with E-state index in [-0.39, 0.29) is 11.8 Å². The molecular weight excluding hydrogens is 334 g/mol. The number of carbonyl (C=O) groups excluding carboxylic acids is 1. The summed E-state index contributed by atoms with van der Waals surface area (Å²) in [5, 5.41) is 0.632. The second-order valence-corrected chi connectivity index (χ2v) is 6.68. The standard InChI is InChI=1S/C20H18ClN3O/c1-2-10-23-18-9-4-3-8-17(18)22-20(23)14-11-19(25)24(13-14)16-7-5-6-15(21)12-16/h2-9,12,14H,1,10-11,13H2. The minimum absolute atomic E-state index is 0.0545. The molecule has 2 aromatic carbocycles. The van der Waals surface area contributed by atoms with Crippen LogP contribution in [0.4, 0.5) is 5.69 Å². The van der Waals surface area contributed by atoms with Crippen LogP contribution in [0.5, 0.6) is 0 Å². The molecule has 1 unspecified atom stereocenters. The van der Waals surface area contributed by atoms with E-state index < -0.39 is 0 Å². The summed E-state index contributed by atoms with van der Waals surface area (Å²) >= 11 is 6.08. The van der Waals surface area contributed by atoms with Gasteiger partial charge in [0.15, 0.2) is 0 Å². The van der Waals surface area contributed by atoms with Gasteiger partial charge in [0, 0.05) is 36.1 Å². The van der Waals surface area contributed by atoms with Gasteiger partial charge in [-0.25, -0.2) is 4.98 Å². The lowest BCUT2D eigenvalue weighted by Gasteiger charge is -2.17. The maximum Gasteiger partial charge on any atom is 0.227 e. The number of amides is 1. The van der Waals surface area contributed by atoms with Crippen molar-refractivity contribution < 1.29 is 4.79 Å². The fourth-order valence-electron chi connectivity index (χ4n) is 3.50. The van der Waals surface area contributed by atoms with E-state index in [1.54, 1.807) is 4.90 Å². The minimum atomic E-state index is 0.0545. The lowest BCUT2D eigenvalue weighted by atomic mass is 10.1. The van der Waals surface area contributed by atoms with E-state index in [9.17, 15) is 4.79 Å². The Morgan fingerprint density at radius 3 is 2.88 bits per heavy atom. The van der Waals surface area contributed by atoms with Crippen molar-refractivity contribution in [2.45, 2.75) is 18.9 Å². The van der Waals surface area contributed by atoms with Crippen LogP contribution in [0, 0.1) is 0 Å². The van der Waals surface area contributed by atoms with Crippen molar-refractivity contribution in [3.8, 4) is 0 Å². The summed E-state index contributed by atoms with van der Waals surface area (Å²) in [5.74, 6) is 1.10. The van der Waals surface area contributed by atoms with Gasteiger partial charge in [0.1, 0.15) is 5.82 Å². The largest absolute Gasteiger partial charge is 0.324 e. The zero-order valence-electron chi connectivity index (χ0n) is 13.7. The minimum Gasteiger partial charge on any atom is -0.324 e. The SMILES string of the molecule is C=CCn1c(C2CC(=O)N(c3cccc(Cl)c3)C2)nc2ccccc21. The van der Waals surface area contributed by atoms with Crippen LogP contribution in [-0.2, 0) is 11.3 Å². The molecular formula is C20H18ClN3O. The Morgan fingerprint density at radius 1 is 1.24 bits per heavy atom. The highest BCUT2D eigenvalue weighted by Crippen LogP contribution is 2.33. The number of hydrogen-bond acceptors (Lipinski definition) is 2. The quantitative estimate of drug-likeness (QED) is 0.653. The Bertz CT molecular complexity index is 962. The molecule has 4 nitrogen and oxygen atoms in total. The Balaban J connectivity index is 1.71. The number of benzene rings is 2. The summed E-state index contributed by atoms with van der Waals surface area (Å²) in [6.45, 7) is 5.15. The number of nitrogens with zero attached hydrogens (tertiary/aromatic N) is 3. The average molecular weight is 352 g/mol. The summed E-state index contributed by atoms with van der Waals surface area (Å²) in [5.41, 5.74) is 2.87. The van der Waals surface area contributed by atoms with Gasteiger partial charge in [0.05, 0.1) is 11.0 Å². The molecule has 126 valence electrons. The molecule has 2 heterocycles. The Labute approximate surface area is 151 Å². The molecule has 1 saturated heterocycles. The van der Waals surface area contributed by atoms with Crippen LogP contribution in [0.25, 0.3) is 11.0 Å². The Morgan fingerprint density at radius 2 is 2.08 bits per heavy atom. The predicted molar refractivity (Wildman–Crippen MR) is 101 cm³/mol. The predicted octanol–water partition coefficient (Wildman–Crippen LogP) is 4.40. The lowest BCUT2D eigenvalue weighted by Crippen LogP contribution is -2.24. The fraction of sp³-hybridized carbons (Fsp3) is 0.200. The van der Waals surface area contributed by atoms with Gasteiger partial charge in [0.25, 0.3) is 0 Å². The molecule has 5 heteroatoms. The van der Waals surface area contributed by atoms with E-state index in [0.29, 0.717) is 24.5 Å². The number of hydrogen-bond donors (Lipinski definition) is 0. The molecule has 1 fully saturated rings. The highest BCUT2D eigenvalue weighted by molar-refractivity contribution is 6.30. The molecule has 0 spiro atoms. The van der Waals surface area contributed by atoms with Crippen molar-refractivity contribution in [3.05, 3.63) is 72.0 Å². The van der Waals surface area contributed by atoms with Crippen LogP contribution in [0.15, 0.2) is 61.2 Å². The van der Waals surface area contributed by atoms with Crippen molar-refractivity contribution in [1.82, 2.24) is 9.55 Å². The lowest BCUT2D eigenvalue weighted by molar-refractivity contribution is -0.117. The van der Waals surface area contributed by atoms with Crippen molar-refractivity contribution >= 4 is 34.2 Å². The first-order valence-corrected chi connectivity index (χ1v) is 8.67. The Kier molecular flexibility index (Phi) is 4.06. The number of carbonyl (C=O) groups is 1. The zero-order valence-corrected chi connectivity index (χ0v) is 14.5. The zero-order chi connectivity index (χ0) is 17.4. The number of allylic oxidation sites excluding steroid dienone is 1. The smallest absolute Gasteiger partial charge is 0.227 e. The monoisotopic (exact) mass is 351 g/mol. The highest BCUT2D eigenvalue weighted by atomic mass is 35.5. The van der Waals surface area contributed by atoms with Gasteiger partial charge in [-0.05, 0) is 30.3 Å². The van der Waals surface area contributed by atoms with E-state index >= 15 is 0 Å². The molecule has 0 bridgehead atoms. The molecule has 1 aromatic heterocycles. The molecule has 0 aliphatic carbocycles. The number of anilines is 1. The third kappa shape index (κ3) is 2.83. The molecule has 1 aliphatic rings. The fourth-order valence-corrected chi connectivity index (χ4v) is 3.69. The average Bonchev–Trinajstić information content (AvgIpc) is 3.16. The maximum atomic E-state index is 12.6. The molecule has 1 atom stereocenters. The molecule has 3 aromatic rings. The van der Waals surface area contributed by atoms with E-state index in [0.717, 1.165) is 22.5 Å². The summed E-state index contributed by atoms with van der Waals surface area (Å²) in [7, 11) is 0. The van der Waals surface area contributed by atoms with Crippen LogP contribution in [0.1, 0.15) is 18.2 Å². The normalized spacial score (nSPS) is 17.4. The molecule has 1 amide bonds. The highest BCUT2D eigenvalue weighted by Gasteiger charge is 2.34. The van der Waals surface area contributed by atoms with Gasteiger partial charge in [-0.2, -0.15) is 0 Å². The first-order chi connectivity index (χ1) is 12.2. The van der Waals surface area contributed by atoms with Gasteiger partial charge in [0.2, 0.25) is 5.91 Å². The van der Waals surface area contributed by atoms with Gasteiger partial charge in [-0.15, -0.1) is 6.58 Å². The van der Waals surface area contributed by atoms with E-state index in [1.165, 1.54) is 0 Å². The number of imidazole rings is 1. The summed E-state index contributed by atoms with van der Waals surface area (Å²) < 4.78 is 2.15.